The smallest absolute Gasteiger partial charge is 0.374 e. The topological polar surface area (TPSA) is 81.6 Å². The van der Waals surface area contributed by atoms with Gasteiger partial charge in [-0.2, -0.15) is 15.5 Å². The van der Waals surface area contributed by atoms with Gasteiger partial charge in [0.25, 0.3) is 0 Å². The van der Waals surface area contributed by atoms with Gasteiger partial charge in [-0.05, 0) is 32.0 Å². The van der Waals surface area contributed by atoms with Gasteiger partial charge < -0.3 is 4.65 Å². The van der Waals surface area contributed by atoms with E-state index >= 15 is 0 Å². The highest BCUT2D eigenvalue weighted by Crippen LogP contribution is 2.27. The van der Waals surface area contributed by atoms with Crippen molar-refractivity contribution in [1.29, 1.82) is 5.26 Å². The van der Waals surface area contributed by atoms with Gasteiger partial charge in [0, 0.05) is 25.0 Å². The van der Waals surface area contributed by atoms with E-state index in [1.165, 1.54) is 4.68 Å². The lowest BCUT2D eigenvalue weighted by Gasteiger charge is -2.11. The minimum Gasteiger partial charge on any atom is -0.564 e. The molecule has 0 bridgehead atoms. The number of pyridine rings is 1. The fourth-order valence-electron chi connectivity index (χ4n) is 2.61. The monoisotopic (exact) mass is 330 g/mol. The van der Waals surface area contributed by atoms with Crippen LogP contribution < -0.4 is 0 Å². The molecule has 0 spiro atoms. The maximum absolute atomic E-state index is 9.66. The van der Waals surface area contributed by atoms with Gasteiger partial charge in [-0.15, -0.1) is 0 Å². The first-order chi connectivity index (χ1) is 12.1. The lowest BCUT2D eigenvalue weighted by molar-refractivity contribution is 0.555. The van der Waals surface area contributed by atoms with Crippen LogP contribution in [0.25, 0.3) is 22.8 Å². The van der Waals surface area contributed by atoms with Crippen molar-refractivity contribution in [2.75, 3.05) is 0 Å². The van der Waals surface area contributed by atoms with Crippen LogP contribution in [0.15, 0.2) is 36.7 Å². The Morgan fingerprint density at radius 1 is 1.20 bits per heavy atom. The van der Waals surface area contributed by atoms with Crippen molar-refractivity contribution in [3.8, 4) is 17.5 Å². The second-order valence-corrected chi connectivity index (χ2v) is 5.45. The van der Waals surface area contributed by atoms with Crippen molar-refractivity contribution < 1.29 is 4.65 Å². The summed E-state index contributed by atoms with van der Waals surface area (Å²) in [5.74, 6) is 0.207. The normalized spacial score (nSPS) is 11.8. The summed E-state index contributed by atoms with van der Waals surface area (Å²) >= 11 is 0. The summed E-state index contributed by atoms with van der Waals surface area (Å²) in [6, 6.07) is 9.43. The molecule has 0 fully saturated rings. The number of nitriles is 1. The number of nitrogens with zero attached hydrogens (tertiary/aromatic N) is 6. The van der Waals surface area contributed by atoms with Crippen LogP contribution >= 0.6 is 0 Å². The predicted molar refractivity (Wildman–Crippen MR) is 93.7 cm³/mol. The number of hydrogen-bond acceptors (Lipinski definition) is 5. The van der Waals surface area contributed by atoms with Crippen LogP contribution in [0.3, 0.4) is 0 Å². The summed E-state index contributed by atoms with van der Waals surface area (Å²) in [7, 11) is 7.25. The first kappa shape index (κ1) is 16.5. The quantitative estimate of drug-likeness (QED) is 0.416. The van der Waals surface area contributed by atoms with Gasteiger partial charge in [0.2, 0.25) is 0 Å². The van der Waals surface area contributed by atoms with Crippen LogP contribution in [0.1, 0.15) is 17.0 Å². The molecule has 0 aliphatic rings. The Morgan fingerprint density at radius 3 is 2.56 bits per heavy atom. The number of hydrogen-bond donors (Lipinski definition) is 0. The summed E-state index contributed by atoms with van der Waals surface area (Å²) in [6.07, 6.45) is 3.35. The standard InChI is InChI=1S/C17H15BN6O/c1-11-12(2)21-23(3)16(11)17(25-18)15(10-19)24-9-7-14(22-24)13-6-4-5-8-20-13/h4-9H,1-3H3/b17-15-. The van der Waals surface area contributed by atoms with Crippen LogP contribution in [0, 0.1) is 25.2 Å². The molecule has 3 heterocycles. The van der Waals surface area contributed by atoms with Gasteiger partial charge in [0.15, 0.2) is 11.5 Å². The van der Waals surface area contributed by atoms with E-state index in [-0.39, 0.29) is 11.5 Å². The zero-order valence-corrected chi connectivity index (χ0v) is 14.1. The molecule has 0 aliphatic carbocycles. The molecule has 7 nitrogen and oxygen atoms in total. The number of allylic oxidation sites excluding steroid dienone is 1. The third-order valence-electron chi connectivity index (χ3n) is 3.92. The van der Waals surface area contributed by atoms with Crippen molar-refractivity contribution in [1.82, 2.24) is 24.5 Å². The van der Waals surface area contributed by atoms with Gasteiger partial charge in [0.1, 0.15) is 17.5 Å². The minimum absolute atomic E-state index is 0.163. The fraction of sp³-hybridized carbons (Fsp3) is 0.176. The number of aryl methyl sites for hydroxylation is 2. The lowest BCUT2D eigenvalue weighted by atomic mass is 10.1. The summed E-state index contributed by atoms with van der Waals surface area (Å²) in [4.78, 5) is 4.26. The van der Waals surface area contributed by atoms with E-state index in [0.29, 0.717) is 17.1 Å². The highest BCUT2D eigenvalue weighted by Gasteiger charge is 2.20. The summed E-state index contributed by atoms with van der Waals surface area (Å²) in [6.45, 7) is 3.78. The average molecular weight is 330 g/mol. The molecular formula is C17H15BN6O. The molecule has 8 heteroatoms. The largest absolute Gasteiger partial charge is 0.564 e. The zero-order chi connectivity index (χ0) is 18.0. The Morgan fingerprint density at radius 2 is 2.00 bits per heavy atom. The average Bonchev–Trinajstić information content (AvgIpc) is 3.20. The molecule has 3 aromatic rings. The molecule has 0 saturated heterocycles. The third-order valence-corrected chi connectivity index (χ3v) is 3.92. The fourth-order valence-corrected chi connectivity index (χ4v) is 2.61. The lowest BCUT2D eigenvalue weighted by Crippen LogP contribution is -2.07. The van der Waals surface area contributed by atoms with E-state index in [1.54, 1.807) is 30.2 Å². The molecule has 0 unspecified atom stereocenters. The highest BCUT2D eigenvalue weighted by atomic mass is 16.4. The molecule has 0 aromatic carbocycles. The molecular weight excluding hydrogens is 315 g/mol. The van der Waals surface area contributed by atoms with E-state index in [9.17, 15) is 5.26 Å². The number of aromatic nitrogens is 5. The van der Waals surface area contributed by atoms with Gasteiger partial charge >= 0.3 is 8.05 Å². The van der Waals surface area contributed by atoms with Crippen molar-refractivity contribution >= 4 is 19.5 Å². The van der Waals surface area contributed by atoms with Crippen LogP contribution in [-0.4, -0.2) is 32.6 Å². The summed E-state index contributed by atoms with van der Waals surface area (Å²) in [5.41, 5.74) is 3.86. The zero-order valence-electron chi connectivity index (χ0n) is 14.1. The van der Waals surface area contributed by atoms with Crippen molar-refractivity contribution in [2.45, 2.75) is 13.8 Å². The van der Waals surface area contributed by atoms with Crippen molar-refractivity contribution in [3.05, 3.63) is 53.6 Å². The van der Waals surface area contributed by atoms with E-state index in [4.69, 9.17) is 12.7 Å². The Kier molecular flexibility index (Phi) is 4.39. The molecule has 0 N–H and O–H groups in total. The van der Waals surface area contributed by atoms with E-state index in [2.05, 4.69) is 21.3 Å². The molecule has 0 aliphatic heterocycles. The second-order valence-electron chi connectivity index (χ2n) is 5.45. The molecule has 0 saturated carbocycles. The van der Waals surface area contributed by atoms with Gasteiger partial charge in [-0.3, -0.25) is 9.67 Å². The van der Waals surface area contributed by atoms with E-state index < -0.39 is 0 Å². The highest BCUT2D eigenvalue weighted by molar-refractivity contribution is 6.04. The van der Waals surface area contributed by atoms with Gasteiger partial charge in [-0.1, -0.05) is 6.07 Å². The van der Waals surface area contributed by atoms with E-state index in [0.717, 1.165) is 11.3 Å². The van der Waals surface area contributed by atoms with Crippen molar-refractivity contribution in [2.24, 2.45) is 7.05 Å². The molecule has 2 radical (unpaired) electrons. The number of rotatable bonds is 4. The Bertz CT molecular complexity index is 980. The van der Waals surface area contributed by atoms with Gasteiger partial charge in [0.05, 0.1) is 11.4 Å². The van der Waals surface area contributed by atoms with Crippen LogP contribution in [0.2, 0.25) is 0 Å². The van der Waals surface area contributed by atoms with Crippen LogP contribution in [0.4, 0.5) is 0 Å². The molecule has 0 atom stereocenters. The molecule has 0 amide bonds. The molecule has 25 heavy (non-hydrogen) atoms. The first-order valence-electron chi connectivity index (χ1n) is 7.56. The third kappa shape index (κ3) is 2.92. The Hall–Kier alpha value is -3.34. The predicted octanol–water partition coefficient (Wildman–Crippen LogP) is 2.24. The summed E-state index contributed by atoms with van der Waals surface area (Å²) < 4.78 is 8.11. The maximum atomic E-state index is 9.66. The molecule has 3 rings (SSSR count). The minimum atomic E-state index is 0.163. The second kappa shape index (κ2) is 6.65. The SMILES string of the molecule is [B]O/C(=C(/C#N)n1ccc(-c2ccccn2)n1)c1c(C)c(C)nn1C. The van der Waals surface area contributed by atoms with Crippen molar-refractivity contribution in [3.63, 3.8) is 0 Å². The maximum Gasteiger partial charge on any atom is 0.374 e. The van der Waals surface area contributed by atoms with Crippen LogP contribution in [-0.2, 0) is 11.7 Å². The first-order valence-corrected chi connectivity index (χ1v) is 7.56. The Labute approximate surface area is 146 Å². The van der Waals surface area contributed by atoms with Crippen LogP contribution in [0.5, 0.6) is 0 Å². The van der Waals surface area contributed by atoms with Gasteiger partial charge in [-0.25, -0.2) is 4.68 Å². The molecule has 122 valence electrons. The van der Waals surface area contributed by atoms with E-state index in [1.807, 2.05) is 32.0 Å². The Balaban J connectivity index is 2.14. The molecule has 3 aromatic heterocycles. The summed E-state index contributed by atoms with van der Waals surface area (Å²) in [5, 5.41) is 18.4.